The average Bonchev–Trinajstić information content (AvgIpc) is 2.89. The zero-order chi connectivity index (χ0) is 15.0. The van der Waals surface area contributed by atoms with Crippen molar-refractivity contribution in [3.63, 3.8) is 0 Å². The van der Waals surface area contributed by atoms with Crippen LogP contribution >= 0.6 is 11.8 Å². The van der Waals surface area contributed by atoms with Gasteiger partial charge in [-0.15, -0.1) is 11.8 Å². The molecule has 1 heterocycles. The zero-order valence-corrected chi connectivity index (χ0v) is 11.8. The number of aliphatic hydroxyl groups is 1. The Balaban J connectivity index is 2.00. The van der Waals surface area contributed by atoms with Crippen LogP contribution in [-0.4, -0.2) is 10.9 Å². The van der Waals surface area contributed by atoms with Crippen molar-refractivity contribution in [3.05, 3.63) is 65.2 Å². The van der Waals surface area contributed by atoms with E-state index in [1.807, 2.05) is 24.3 Å². The molecule has 2 aromatic rings. The summed E-state index contributed by atoms with van der Waals surface area (Å²) < 4.78 is 39.2. The number of fused-ring (bicyclic) bond motifs is 1. The van der Waals surface area contributed by atoms with E-state index in [1.165, 1.54) is 18.2 Å². The van der Waals surface area contributed by atoms with Crippen LogP contribution in [0, 0.1) is 0 Å². The molecule has 0 radical (unpaired) electrons. The van der Waals surface area contributed by atoms with Gasteiger partial charge in [0.2, 0.25) is 0 Å². The third-order valence-electron chi connectivity index (χ3n) is 3.70. The van der Waals surface area contributed by atoms with Crippen molar-refractivity contribution in [2.24, 2.45) is 0 Å². The van der Waals surface area contributed by atoms with E-state index in [0.29, 0.717) is 5.75 Å². The lowest BCUT2D eigenvalue weighted by Crippen LogP contribution is -2.16. The third-order valence-corrected chi connectivity index (χ3v) is 4.91. The number of alkyl halides is 3. The summed E-state index contributed by atoms with van der Waals surface area (Å²) >= 11 is 1.57. The number of benzene rings is 2. The Labute approximate surface area is 124 Å². The molecule has 2 unspecified atom stereocenters. The largest absolute Gasteiger partial charge is 0.416 e. The summed E-state index contributed by atoms with van der Waals surface area (Å²) in [6.45, 7) is 0. The SMILES string of the molecule is OC(c1ccccc1C(F)(F)F)C1CSc2ccccc21. The van der Waals surface area contributed by atoms with Crippen LogP contribution in [-0.2, 0) is 6.18 Å². The minimum atomic E-state index is -4.46. The van der Waals surface area contributed by atoms with E-state index in [0.717, 1.165) is 16.5 Å². The molecule has 2 atom stereocenters. The summed E-state index contributed by atoms with van der Waals surface area (Å²) in [5, 5.41) is 10.5. The molecule has 0 saturated carbocycles. The molecule has 1 N–H and O–H groups in total. The van der Waals surface area contributed by atoms with E-state index in [9.17, 15) is 18.3 Å². The lowest BCUT2D eigenvalue weighted by atomic mass is 9.88. The number of thioether (sulfide) groups is 1. The van der Waals surface area contributed by atoms with E-state index >= 15 is 0 Å². The molecule has 110 valence electrons. The average molecular weight is 310 g/mol. The molecule has 1 aliphatic heterocycles. The highest BCUT2D eigenvalue weighted by Crippen LogP contribution is 2.47. The van der Waals surface area contributed by atoms with Crippen molar-refractivity contribution >= 4 is 11.8 Å². The van der Waals surface area contributed by atoms with Crippen LogP contribution < -0.4 is 0 Å². The Hall–Kier alpha value is -1.46. The lowest BCUT2D eigenvalue weighted by Gasteiger charge is -2.22. The molecule has 5 heteroatoms. The second kappa shape index (κ2) is 5.39. The number of aliphatic hydroxyl groups excluding tert-OH is 1. The van der Waals surface area contributed by atoms with E-state index in [2.05, 4.69) is 0 Å². The Morgan fingerprint density at radius 1 is 1.05 bits per heavy atom. The van der Waals surface area contributed by atoms with Crippen LogP contribution in [0.15, 0.2) is 53.4 Å². The Morgan fingerprint density at radius 2 is 1.71 bits per heavy atom. The maximum atomic E-state index is 13.1. The molecular formula is C16H13F3OS. The second-order valence-electron chi connectivity index (χ2n) is 4.99. The first-order chi connectivity index (χ1) is 9.98. The van der Waals surface area contributed by atoms with Gasteiger partial charge in [0.05, 0.1) is 11.7 Å². The first kappa shape index (κ1) is 14.5. The van der Waals surface area contributed by atoms with E-state index in [4.69, 9.17) is 0 Å². The Morgan fingerprint density at radius 3 is 2.48 bits per heavy atom. The number of hydrogen-bond donors (Lipinski definition) is 1. The van der Waals surface area contributed by atoms with Crippen molar-refractivity contribution in [2.45, 2.75) is 23.1 Å². The van der Waals surface area contributed by atoms with Gasteiger partial charge in [-0.25, -0.2) is 0 Å². The van der Waals surface area contributed by atoms with Crippen molar-refractivity contribution in [2.75, 3.05) is 5.75 Å². The molecule has 3 rings (SSSR count). The number of rotatable bonds is 2. The van der Waals surface area contributed by atoms with Gasteiger partial charge < -0.3 is 5.11 Å². The topological polar surface area (TPSA) is 20.2 Å². The highest BCUT2D eigenvalue weighted by atomic mass is 32.2. The molecule has 2 aromatic carbocycles. The lowest BCUT2D eigenvalue weighted by molar-refractivity contribution is -0.139. The van der Waals surface area contributed by atoms with E-state index in [1.54, 1.807) is 11.8 Å². The normalized spacial score (nSPS) is 19.3. The van der Waals surface area contributed by atoms with Crippen LogP contribution in [0.1, 0.15) is 28.7 Å². The molecule has 0 spiro atoms. The van der Waals surface area contributed by atoms with Gasteiger partial charge in [0.15, 0.2) is 0 Å². The van der Waals surface area contributed by atoms with Gasteiger partial charge >= 0.3 is 6.18 Å². The molecule has 0 amide bonds. The second-order valence-corrected chi connectivity index (χ2v) is 6.05. The molecule has 0 saturated heterocycles. The van der Waals surface area contributed by atoms with Gasteiger partial charge in [-0.2, -0.15) is 13.2 Å². The van der Waals surface area contributed by atoms with Crippen LogP contribution in [0.25, 0.3) is 0 Å². The van der Waals surface area contributed by atoms with Crippen molar-refractivity contribution in [1.29, 1.82) is 0 Å². The van der Waals surface area contributed by atoms with Crippen LogP contribution in [0.5, 0.6) is 0 Å². The minimum Gasteiger partial charge on any atom is -0.388 e. The molecule has 0 fully saturated rings. The van der Waals surface area contributed by atoms with Crippen molar-refractivity contribution in [3.8, 4) is 0 Å². The summed E-state index contributed by atoms with van der Waals surface area (Å²) in [5.74, 6) is 0.280. The molecule has 21 heavy (non-hydrogen) atoms. The monoisotopic (exact) mass is 310 g/mol. The van der Waals surface area contributed by atoms with Gasteiger partial charge in [0.25, 0.3) is 0 Å². The summed E-state index contributed by atoms with van der Waals surface area (Å²) in [6, 6.07) is 12.8. The minimum absolute atomic E-state index is 0.0488. The maximum absolute atomic E-state index is 13.1. The van der Waals surface area contributed by atoms with Gasteiger partial charge in [-0.05, 0) is 23.3 Å². The summed E-state index contributed by atoms with van der Waals surface area (Å²) in [7, 11) is 0. The van der Waals surface area contributed by atoms with Crippen LogP contribution in [0.4, 0.5) is 13.2 Å². The number of hydrogen-bond acceptors (Lipinski definition) is 2. The first-order valence-corrected chi connectivity index (χ1v) is 7.53. The molecule has 0 aromatic heterocycles. The fraction of sp³-hybridized carbons (Fsp3) is 0.250. The fourth-order valence-corrected chi connectivity index (χ4v) is 3.96. The van der Waals surface area contributed by atoms with Crippen LogP contribution in [0.3, 0.4) is 0 Å². The highest BCUT2D eigenvalue weighted by Gasteiger charge is 2.38. The zero-order valence-electron chi connectivity index (χ0n) is 11.0. The molecule has 1 nitrogen and oxygen atoms in total. The molecule has 1 aliphatic rings. The Kier molecular flexibility index (Phi) is 3.71. The summed E-state index contributed by atoms with van der Waals surface area (Å²) in [6.07, 6.45) is -5.61. The van der Waals surface area contributed by atoms with Gasteiger partial charge in [-0.1, -0.05) is 36.4 Å². The summed E-state index contributed by atoms with van der Waals surface area (Å²) in [4.78, 5) is 1.03. The summed E-state index contributed by atoms with van der Waals surface area (Å²) in [5.41, 5.74) is 0.117. The van der Waals surface area contributed by atoms with Gasteiger partial charge in [-0.3, -0.25) is 0 Å². The smallest absolute Gasteiger partial charge is 0.388 e. The van der Waals surface area contributed by atoms with Crippen LogP contribution in [0.2, 0.25) is 0 Å². The Bertz CT molecular complexity index is 654. The van der Waals surface area contributed by atoms with Crippen molar-refractivity contribution in [1.82, 2.24) is 0 Å². The predicted molar refractivity (Wildman–Crippen MR) is 76.3 cm³/mol. The fourth-order valence-electron chi connectivity index (χ4n) is 2.68. The molecule has 0 aliphatic carbocycles. The maximum Gasteiger partial charge on any atom is 0.416 e. The highest BCUT2D eigenvalue weighted by molar-refractivity contribution is 7.99. The predicted octanol–water partition coefficient (Wildman–Crippen LogP) is 4.63. The van der Waals surface area contributed by atoms with Gasteiger partial charge in [0, 0.05) is 16.6 Å². The van der Waals surface area contributed by atoms with E-state index < -0.39 is 17.8 Å². The van der Waals surface area contributed by atoms with Gasteiger partial charge in [0.1, 0.15) is 0 Å². The molecular weight excluding hydrogens is 297 g/mol. The quantitative estimate of drug-likeness (QED) is 0.873. The standard InChI is InChI=1S/C16H13F3OS/c17-16(18,19)13-7-3-1-6-11(13)15(20)12-9-21-14-8-4-2-5-10(12)14/h1-8,12,15,20H,9H2. The third kappa shape index (κ3) is 2.68. The van der Waals surface area contributed by atoms with Crippen molar-refractivity contribution < 1.29 is 18.3 Å². The van der Waals surface area contributed by atoms with E-state index in [-0.39, 0.29) is 11.5 Å². The number of halogens is 3. The first-order valence-electron chi connectivity index (χ1n) is 6.54. The molecule has 0 bridgehead atoms.